The Hall–Kier alpha value is -2.37. The summed E-state index contributed by atoms with van der Waals surface area (Å²) in [4.78, 5) is 12.5. The molecule has 0 unspecified atom stereocenters. The fraction of sp³-hybridized carbons (Fsp3) is 0.400. The van der Waals surface area contributed by atoms with Crippen LogP contribution in [0.15, 0.2) is 24.3 Å². The van der Waals surface area contributed by atoms with Crippen molar-refractivity contribution in [1.82, 2.24) is 15.0 Å². The number of hydrogen-bond donors (Lipinski definition) is 1. The van der Waals surface area contributed by atoms with Crippen LogP contribution in [0.2, 0.25) is 0 Å². The van der Waals surface area contributed by atoms with Gasteiger partial charge in [0.25, 0.3) is 0 Å². The lowest BCUT2D eigenvalue weighted by Gasteiger charge is -2.08. The van der Waals surface area contributed by atoms with Crippen LogP contribution in [0.3, 0.4) is 0 Å². The maximum atomic E-state index is 5.67. The van der Waals surface area contributed by atoms with Gasteiger partial charge in [0.15, 0.2) is 0 Å². The minimum Gasteiger partial charge on any atom is -0.464 e. The summed E-state index contributed by atoms with van der Waals surface area (Å²) in [5.74, 6) is 1.12. The topological polar surface area (TPSA) is 69.2 Å². The molecule has 0 aliphatic rings. The third-order valence-corrected chi connectivity index (χ3v) is 2.74. The molecule has 0 bridgehead atoms. The Balaban J connectivity index is 2.20. The Kier molecular flexibility index (Phi) is 5.31. The van der Waals surface area contributed by atoms with Crippen molar-refractivity contribution in [2.45, 2.75) is 27.2 Å². The molecule has 1 aromatic carbocycles. The number of anilines is 1. The number of nitrogens with zero attached hydrogens (tertiary/aromatic N) is 3. The van der Waals surface area contributed by atoms with E-state index in [0.717, 1.165) is 6.42 Å². The van der Waals surface area contributed by atoms with Gasteiger partial charge in [-0.1, -0.05) is 19.1 Å². The monoisotopic (exact) mass is 288 g/mol. The lowest BCUT2D eigenvalue weighted by atomic mass is 10.2. The van der Waals surface area contributed by atoms with Gasteiger partial charge >= 0.3 is 12.0 Å². The van der Waals surface area contributed by atoms with Gasteiger partial charge in [-0.2, -0.15) is 9.97 Å². The molecular formula is C15H20N4O2. The molecule has 0 spiro atoms. The highest BCUT2D eigenvalue weighted by atomic mass is 16.5. The number of rotatable bonds is 7. The van der Waals surface area contributed by atoms with Crippen molar-refractivity contribution < 1.29 is 9.47 Å². The van der Waals surface area contributed by atoms with Crippen molar-refractivity contribution in [1.29, 1.82) is 0 Å². The maximum Gasteiger partial charge on any atom is 0.330 e. The molecule has 1 aromatic heterocycles. The maximum absolute atomic E-state index is 5.67. The van der Waals surface area contributed by atoms with E-state index in [0.29, 0.717) is 24.8 Å². The van der Waals surface area contributed by atoms with Crippen LogP contribution < -0.4 is 14.8 Å². The molecule has 0 atom stereocenters. The van der Waals surface area contributed by atoms with Crippen LogP contribution in [0.5, 0.6) is 17.8 Å². The summed E-state index contributed by atoms with van der Waals surface area (Å²) in [5, 5.41) is 3.03. The Morgan fingerprint density at radius 3 is 2.29 bits per heavy atom. The summed E-state index contributed by atoms with van der Waals surface area (Å²) in [6.45, 7) is 7.15. The lowest BCUT2D eigenvalue weighted by Crippen LogP contribution is -2.07. The summed E-state index contributed by atoms with van der Waals surface area (Å²) in [6, 6.07) is 8.31. The summed E-state index contributed by atoms with van der Waals surface area (Å²) in [5.41, 5.74) is 1.25. The first-order valence-electron chi connectivity index (χ1n) is 7.14. The number of nitrogens with one attached hydrogen (secondary N) is 1. The van der Waals surface area contributed by atoms with Crippen molar-refractivity contribution in [2.24, 2.45) is 0 Å². The third-order valence-electron chi connectivity index (χ3n) is 2.74. The molecule has 0 saturated heterocycles. The minimum absolute atomic E-state index is 0.216. The first-order chi connectivity index (χ1) is 10.2. The molecule has 0 aliphatic heterocycles. The number of aryl methyl sites for hydroxylation is 1. The smallest absolute Gasteiger partial charge is 0.330 e. The second-order valence-corrected chi connectivity index (χ2v) is 4.29. The van der Waals surface area contributed by atoms with Gasteiger partial charge in [-0.25, -0.2) is 0 Å². The fourth-order valence-electron chi connectivity index (χ4n) is 1.71. The van der Waals surface area contributed by atoms with Crippen molar-refractivity contribution >= 4 is 5.95 Å². The highest BCUT2D eigenvalue weighted by Gasteiger charge is 2.09. The van der Waals surface area contributed by atoms with Gasteiger partial charge in [0.1, 0.15) is 5.75 Å². The van der Waals surface area contributed by atoms with Gasteiger partial charge in [0.2, 0.25) is 5.95 Å². The molecule has 0 saturated carbocycles. The molecule has 2 aromatic rings. The lowest BCUT2D eigenvalue weighted by molar-refractivity contribution is 0.304. The van der Waals surface area contributed by atoms with Gasteiger partial charge in [-0.3, -0.25) is 0 Å². The molecule has 2 rings (SSSR count). The Morgan fingerprint density at radius 2 is 1.67 bits per heavy atom. The highest BCUT2D eigenvalue weighted by Crippen LogP contribution is 2.21. The van der Waals surface area contributed by atoms with Crippen LogP contribution in [0, 0.1) is 0 Å². The summed E-state index contributed by atoms with van der Waals surface area (Å²) >= 11 is 0. The predicted molar refractivity (Wildman–Crippen MR) is 81.1 cm³/mol. The Bertz CT molecular complexity index is 548. The van der Waals surface area contributed by atoms with Gasteiger partial charge in [-0.05, 0) is 38.0 Å². The van der Waals surface area contributed by atoms with E-state index < -0.39 is 0 Å². The SMILES string of the molecule is CCNc1nc(OCC)nc(Oc2ccc(CC)cc2)n1. The van der Waals surface area contributed by atoms with Crippen LogP contribution in [-0.4, -0.2) is 28.1 Å². The van der Waals surface area contributed by atoms with Crippen LogP contribution in [-0.2, 0) is 6.42 Å². The van der Waals surface area contributed by atoms with Crippen molar-refractivity contribution in [3.63, 3.8) is 0 Å². The van der Waals surface area contributed by atoms with Crippen LogP contribution in [0.1, 0.15) is 26.3 Å². The van der Waals surface area contributed by atoms with Crippen LogP contribution in [0.25, 0.3) is 0 Å². The molecule has 112 valence electrons. The first-order valence-corrected chi connectivity index (χ1v) is 7.14. The van der Waals surface area contributed by atoms with Gasteiger partial charge < -0.3 is 14.8 Å². The average molecular weight is 288 g/mol. The van der Waals surface area contributed by atoms with E-state index in [1.165, 1.54) is 5.56 Å². The number of ether oxygens (including phenoxy) is 2. The average Bonchev–Trinajstić information content (AvgIpc) is 2.48. The Labute approximate surface area is 124 Å². The van der Waals surface area contributed by atoms with Crippen molar-refractivity contribution in [3.05, 3.63) is 29.8 Å². The highest BCUT2D eigenvalue weighted by molar-refractivity contribution is 5.32. The van der Waals surface area contributed by atoms with E-state index in [-0.39, 0.29) is 12.0 Å². The van der Waals surface area contributed by atoms with Gasteiger partial charge in [-0.15, -0.1) is 4.98 Å². The van der Waals surface area contributed by atoms with Gasteiger partial charge in [0.05, 0.1) is 6.61 Å². The molecule has 1 N–H and O–H groups in total. The Morgan fingerprint density at radius 1 is 0.952 bits per heavy atom. The number of aromatic nitrogens is 3. The molecule has 0 amide bonds. The molecule has 0 radical (unpaired) electrons. The van der Waals surface area contributed by atoms with E-state index in [2.05, 4.69) is 27.2 Å². The van der Waals surface area contributed by atoms with E-state index in [1.807, 2.05) is 38.1 Å². The molecule has 6 nitrogen and oxygen atoms in total. The second-order valence-electron chi connectivity index (χ2n) is 4.29. The summed E-state index contributed by atoms with van der Waals surface area (Å²) in [7, 11) is 0. The first kappa shape index (κ1) is 15.0. The van der Waals surface area contributed by atoms with Crippen molar-refractivity contribution in [3.8, 4) is 17.8 Å². The normalized spacial score (nSPS) is 10.2. The molecule has 0 aliphatic carbocycles. The molecular weight excluding hydrogens is 268 g/mol. The van der Waals surface area contributed by atoms with E-state index in [9.17, 15) is 0 Å². The second kappa shape index (κ2) is 7.42. The molecule has 1 heterocycles. The number of benzene rings is 1. The van der Waals surface area contributed by atoms with Crippen LogP contribution >= 0.6 is 0 Å². The summed E-state index contributed by atoms with van der Waals surface area (Å²) in [6.07, 6.45) is 0.991. The van der Waals surface area contributed by atoms with Gasteiger partial charge in [0, 0.05) is 6.54 Å². The van der Waals surface area contributed by atoms with Crippen molar-refractivity contribution in [2.75, 3.05) is 18.5 Å². The molecule has 21 heavy (non-hydrogen) atoms. The zero-order chi connectivity index (χ0) is 15.1. The third kappa shape index (κ3) is 4.30. The van der Waals surface area contributed by atoms with E-state index in [1.54, 1.807) is 0 Å². The number of hydrogen-bond acceptors (Lipinski definition) is 6. The van der Waals surface area contributed by atoms with E-state index >= 15 is 0 Å². The van der Waals surface area contributed by atoms with E-state index in [4.69, 9.17) is 9.47 Å². The zero-order valence-electron chi connectivity index (χ0n) is 12.6. The fourth-order valence-corrected chi connectivity index (χ4v) is 1.71. The molecule has 6 heteroatoms. The standard InChI is InChI=1S/C15H20N4O2/c1-4-11-7-9-12(10-8-11)21-15-18-13(16-5-2)17-14(19-15)20-6-3/h7-10H,4-6H2,1-3H3,(H,16,17,18,19). The zero-order valence-corrected chi connectivity index (χ0v) is 12.6. The molecule has 0 fully saturated rings. The minimum atomic E-state index is 0.216. The summed E-state index contributed by atoms with van der Waals surface area (Å²) < 4.78 is 11.0. The predicted octanol–water partition coefficient (Wildman–Crippen LogP) is 3.06. The van der Waals surface area contributed by atoms with Crippen LogP contribution in [0.4, 0.5) is 5.95 Å². The largest absolute Gasteiger partial charge is 0.464 e. The quantitative estimate of drug-likeness (QED) is 0.844.